The summed E-state index contributed by atoms with van der Waals surface area (Å²) in [6.45, 7) is 3.74. The molecule has 0 radical (unpaired) electrons. The fourth-order valence-corrected chi connectivity index (χ4v) is 2.46. The van der Waals surface area contributed by atoms with E-state index in [1.807, 2.05) is 12.1 Å². The highest BCUT2D eigenvalue weighted by Crippen LogP contribution is 2.18. The molecule has 6 heteroatoms. The van der Waals surface area contributed by atoms with E-state index in [1.165, 1.54) is 5.56 Å². The van der Waals surface area contributed by atoms with E-state index in [4.69, 9.17) is 0 Å². The van der Waals surface area contributed by atoms with Gasteiger partial charge in [0.1, 0.15) is 5.60 Å². The number of nitrogens with one attached hydrogen (secondary N) is 1. The molecule has 1 heterocycles. The van der Waals surface area contributed by atoms with Gasteiger partial charge in [0.15, 0.2) is 5.78 Å². The number of aromatic nitrogens is 2. The molecular formula is C19H25N3O3. The third kappa shape index (κ3) is 5.26. The number of carbonyl (C=O) groups excluding carboxylic acids is 2. The van der Waals surface area contributed by atoms with E-state index in [1.54, 1.807) is 43.2 Å². The summed E-state index contributed by atoms with van der Waals surface area (Å²) < 4.78 is 1.59. The van der Waals surface area contributed by atoms with Crippen LogP contribution < -0.4 is 5.32 Å². The summed E-state index contributed by atoms with van der Waals surface area (Å²) in [6, 6.07) is 7.45. The molecule has 1 atom stereocenters. The number of rotatable bonds is 8. The van der Waals surface area contributed by atoms with Crippen molar-refractivity contribution in [1.29, 1.82) is 0 Å². The Bertz CT molecular complexity index is 733. The molecule has 0 saturated carbocycles. The first kappa shape index (κ1) is 18.9. The molecule has 0 spiro atoms. The van der Waals surface area contributed by atoms with Crippen molar-refractivity contribution in [2.24, 2.45) is 7.05 Å². The first-order valence-corrected chi connectivity index (χ1v) is 8.42. The zero-order valence-corrected chi connectivity index (χ0v) is 15.0. The monoisotopic (exact) mass is 343 g/mol. The zero-order chi connectivity index (χ0) is 18.4. The van der Waals surface area contributed by atoms with Crippen LogP contribution in [-0.4, -0.2) is 33.1 Å². The van der Waals surface area contributed by atoms with Crippen LogP contribution in [0.2, 0.25) is 0 Å². The van der Waals surface area contributed by atoms with Crippen molar-refractivity contribution in [3.8, 4) is 0 Å². The minimum atomic E-state index is -1.20. The Hall–Kier alpha value is -2.47. The lowest BCUT2D eigenvalue weighted by molar-refractivity contribution is -0.122. The Morgan fingerprint density at radius 1 is 1.24 bits per heavy atom. The van der Waals surface area contributed by atoms with Crippen LogP contribution in [0.15, 0.2) is 36.7 Å². The van der Waals surface area contributed by atoms with Gasteiger partial charge in [-0.05, 0) is 18.9 Å². The topological polar surface area (TPSA) is 84.2 Å². The van der Waals surface area contributed by atoms with E-state index in [0.717, 1.165) is 6.42 Å². The molecule has 1 aromatic carbocycles. The molecule has 1 amide bonds. The molecule has 134 valence electrons. The maximum atomic E-state index is 12.1. The van der Waals surface area contributed by atoms with Gasteiger partial charge in [0.05, 0.1) is 12.7 Å². The van der Waals surface area contributed by atoms with E-state index in [2.05, 4.69) is 17.3 Å². The summed E-state index contributed by atoms with van der Waals surface area (Å²) in [4.78, 5) is 24.1. The molecule has 0 aliphatic heterocycles. The number of hydrogen-bond donors (Lipinski definition) is 2. The van der Waals surface area contributed by atoms with Gasteiger partial charge in [-0.1, -0.05) is 31.2 Å². The van der Waals surface area contributed by atoms with E-state index in [9.17, 15) is 14.7 Å². The normalized spacial score (nSPS) is 13.3. The summed E-state index contributed by atoms with van der Waals surface area (Å²) in [5, 5.41) is 17.1. The SMILES string of the molecule is CCc1ccc(C(=O)CCC(=O)NCC(C)(O)c2cnn(C)c2)cc1. The quantitative estimate of drug-likeness (QED) is 0.718. The van der Waals surface area contributed by atoms with Crippen molar-refractivity contribution in [2.45, 2.75) is 38.7 Å². The number of aliphatic hydroxyl groups is 1. The number of Topliss-reactive ketones (excluding diaryl/α,β-unsaturated/α-hetero) is 1. The van der Waals surface area contributed by atoms with E-state index in [-0.39, 0.29) is 31.1 Å². The Morgan fingerprint density at radius 3 is 2.48 bits per heavy atom. The minimum absolute atomic E-state index is 0.0585. The molecule has 0 aliphatic carbocycles. The average Bonchev–Trinajstić information content (AvgIpc) is 3.05. The van der Waals surface area contributed by atoms with E-state index >= 15 is 0 Å². The largest absolute Gasteiger partial charge is 0.383 e. The highest BCUT2D eigenvalue weighted by atomic mass is 16.3. The molecule has 1 aromatic heterocycles. The van der Waals surface area contributed by atoms with Crippen LogP contribution in [0.5, 0.6) is 0 Å². The van der Waals surface area contributed by atoms with E-state index in [0.29, 0.717) is 11.1 Å². The Labute approximate surface area is 147 Å². The lowest BCUT2D eigenvalue weighted by Gasteiger charge is -2.22. The van der Waals surface area contributed by atoms with Gasteiger partial charge in [0.25, 0.3) is 0 Å². The summed E-state index contributed by atoms with van der Waals surface area (Å²) >= 11 is 0. The summed E-state index contributed by atoms with van der Waals surface area (Å²) in [5.41, 5.74) is 1.21. The Balaban J connectivity index is 1.80. The predicted octanol–water partition coefficient (Wildman–Crippen LogP) is 1.97. The maximum absolute atomic E-state index is 12.1. The van der Waals surface area contributed by atoms with Crippen LogP contribution in [0.1, 0.15) is 48.2 Å². The van der Waals surface area contributed by atoms with Crippen molar-refractivity contribution >= 4 is 11.7 Å². The maximum Gasteiger partial charge on any atom is 0.220 e. The summed E-state index contributed by atoms with van der Waals surface area (Å²) in [6.07, 6.45) is 4.43. The van der Waals surface area contributed by atoms with Crippen molar-refractivity contribution < 1.29 is 14.7 Å². The number of carbonyl (C=O) groups is 2. The van der Waals surface area contributed by atoms with Gasteiger partial charge in [-0.2, -0.15) is 5.10 Å². The molecule has 2 aromatic rings. The zero-order valence-electron chi connectivity index (χ0n) is 15.0. The Morgan fingerprint density at radius 2 is 1.92 bits per heavy atom. The van der Waals surface area contributed by atoms with Gasteiger partial charge in [-0.3, -0.25) is 14.3 Å². The van der Waals surface area contributed by atoms with Crippen LogP contribution in [-0.2, 0) is 23.9 Å². The third-order valence-corrected chi connectivity index (χ3v) is 4.22. The van der Waals surface area contributed by atoms with Gasteiger partial charge in [-0.15, -0.1) is 0 Å². The van der Waals surface area contributed by atoms with Crippen molar-refractivity contribution in [1.82, 2.24) is 15.1 Å². The molecule has 0 bridgehead atoms. The molecule has 2 N–H and O–H groups in total. The summed E-state index contributed by atoms with van der Waals surface area (Å²) in [5.74, 6) is -0.320. The van der Waals surface area contributed by atoms with Crippen molar-refractivity contribution in [2.75, 3.05) is 6.54 Å². The fraction of sp³-hybridized carbons (Fsp3) is 0.421. The third-order valence-electron chi connectivity index (χ3n) is 4.22. The molecule has 1 unspecified atom stereocenters. The molecular weight excluding hydrogens is 318 g/mol. The second-order valence-electron chi connectivity index (χ2n) is 6.43. The van der Waals surface area contributed by atoms with Crippen LogP contribution in [0.25, 0.3) is 0 Å². The molecule has 25 heavy (non-hydrogen) atoms. The minimum Gasteiger partial charge on any atom is -0.383 e. The fourth-order valence-electron chi connectivity index (χ4n) is 2.46. The van der Waals surface area contributed by atoms with Crippen molar-refractivity contribution in [3.05, 3.63) is 53.3 Å². The number of ketones is 1. The average molecular weight is 343 g/mol. The van der Waals surface area contributed by atoms with Crippen LogP contribution in [0, 0.1) is 0 Å². The lowest BCUT2D eigenvalue weighted by Crippen LogP contribution is -2.38. The number of hydrogen-bond acceptors (Lipinski definition) is 4. The van der Waals surface area contributed by atoms with Crippen LogP contribution in [0.4, 0.5) is 0 Å². The summed E-state index contributed by atoms with van der Waals surface area (Å²) in [7, 11) is 1.76. The number of aryl methyl sites for hydroxylation is 2. The van der Waals surface area contributed by atoms with Gasteiger partial charge in [-0.25, -0.2) is 0 Å². The van der Waals surface area contributed by atoms with E-state index < -0.39 is 5.60 Å². The first-order chi connectivity index (χ1) is 11.8. The number of amides is 1. The van der Waals surface area contributed by atoms with Gasteiger partial charge < -0.3 is 10.4 Å². The molecule has 0 fully saturated rings. The predicted molar refractivity (Wildman–Crippen MR) is 95.2 cm³/mol. The van der Waals surface area contributed by atoms with Gasteiger partial charge >= 0.3 is 0 Å². The molecule has 6 nitrogen and oxygen atoms in total. The van der Waals surface area contributed by atoms with Gasteiger partial charge in [0.2, 0.25) is 5.91 Å². The second-order valence-corrected chi connectivity index (χ2v) is 6.43. The molecule has 2 rings (SSSR count). The van der Waals surface area contributed by atoms with Crippen LogP contribution in [0.3, 0.4) is 0 Å². The number of nitrogens with zero attached hydrogens (tertiary/aromatic N) is 2. The molecule has 0 saturated heterocycles. The lowest BCUT2D eigenvalue weighted by atomic mass is 9.99. The van der Waals surface area contributed by atoms with Gasteiger partial charge in [0, 0.05) is 37.2 Å². The second kappa shape index (κ2) is 8.07. The number of benzene rings is 1. The molecule has 0 aliphatic rings. The van der Waals surface area contributed by atoms with Crippen LogP contribution >= 0.6 is 0 Å². The standard InChI is InChI=1S/C19H25N3O3/c1-4-14-5-7-15(8-6-14)17(23)9-10-18(24)20-13-19(2,25)16-11-21-22(3)12-16/h5-8,11-12,25H,4,9-10,13H2,1-3H3,(H,20,24). The van der Waals surface area contributed by atoms with Crippen molar-refractivity contribution in [3.63, 3.8) is 0 Å². The smallest absolute Gasteiger partial charge is 0.220 e. The first-order valence-electron chi connectivity index (χ1n) is 8.42. The highest BCUT2D eigenvalue weighted by Gasteiger charge is 2.25. The Kier molecular flexibility index (Phi) is 6.09. The highest BCUT2D eigenvalue weighted by molar-refractivity contribution is 5.97.